The number of nitrogens with one attached hydrogen (secondary N) is 2. The van der Waals surface area contributed by atoms with Gasteiger partial charge >= 0.3 is 0 Å². The van der Waals surface area contributed by atoms with E-state index in [1.165, 1.54) is 44.7 Å². The number of likely N-dealkylation sites (N-methyl/N-ethyl adjacent to an activating group) is 2. The molecule has 0 bridgehead atoms. The number of hydrogen-bond acceptors (Lipinski definition) is 11. The van der Waals surface area contributed by atoms with Crippen molar-refractivity contribution in [2.75, 3.05) is 73.9 Å². The van der Waals surface area contributed by atoms with Crippen LogP contribution in [0.3, 0.4) is 0 Å². The maximum Gasteiger partial charge on any atom is 0.300 e. The number of carbonyl (C=O) groups is 6. The van der Waals surface area contributed by atoms with E-state index >= 15 is 0 Å². The van der Waals surface area contributed by atoms with Gasteiger partial charge in [0.1, 0.15) is 50.4 Å². The summed E-state index contributed by atoms with van der Waals surface area (Å²) in [5.41, 5.74) is 26.6. The van der Waals surface area contributed by atoms with Crippen molar-refractivity contribution in [1.29, 1.82) is 0 Å². The molecule has 0 aliphatic carbocycles. The molecule has 5 heterocycles. The van der Waals surface area contributed by atoms with Crippen molar-refractivity contribution in [1.82, 2.24) is 0 Å². The molecule has 149 heavy (non-hydrogen) atoms. The fourth-order valence-corrected chi connectivity index (χ4v) is 20.5. The quantitative estimate of drug-likeness (QED) is 0.0578. The maximum absolute atomic E-state index is 12.3. The number of terminal acetylenes is 2. The van der Waals surface area contributed by atoms with Crippen LogP contribution in [0.25, 0.3) is 0 Å². The van der Waals surface area contributed by atoms with Crippen molar-refractivity contribution < 1.29 is 64.1 Å². The number of amides is 4. The molecule has 0 saturated carbocycles. The second kappa shape index (κ2) is 61.9. The number of carboxylic acid groups (broad SMARTS) is 2. The summed E-state index contributed by atoms with van der Waals surface area (Å²) >= 11 is 3.46. The summed E-state index contributed by atoms with van der Waals surface area (Å²) < 4.78 is 5.91. The summed E-state index contributed by atoms with van der Waals surface area (Å²) in [6.45, 7) is 24.5. The SMILES string of the molecule is C.C.C#C[Si](C)(C)C.C#Cc1ccc2c(c1)C(c1ccccc1)=NCC(=O)N2C.C1CCOC1.CC(=O)O.CC(=O)O.CN1C(=O)CN=C(c2ccccc2)c2cc(C#C[Si](C)(C)C)ccc21.C[Si](C)(C)C#Cc1ccc2c(c1)C(c1ccccc1)=NCC(=O)N2.O=C1CN=C(c2ccccc2)c2cc(Br)ccc2N1.[Pd].c1ccc(P(c2ccccc2)c2ccccc2)cc1.c1ccc(P(c2ccccc2)c2ccccc2)cc1. The number of carbonyl (C=O) groups excluding carboxylic acids is 4. The molecule has 1 saturated heterocycles. The number of benzodiazepines with no additional fused rings is 4. The third-order valence-corrected chi connectivity index (χ3v) is 29.4. The Kier molecular flexibility index (Phi) is 50.4. The number of fused-ring (bicyclic) bond motifs is 4. The van der Waals surface area contributed by atoms with E-state index in [2.05, 4.69) is 328 Å². The van der Waals surface area contributed by atoms with Crippen LogP contribution in [0.1, 0.15) is 103 Å². The number of aliphatic imine (C=N–C) groups is 4. The van der Waals surface area contributed by atoms with E-state index < -0.39 is 52.0 Å². The molecular formula is C125H131BrN8O9P2PdSi3. The molecule has 4 N–H and O–H groups in total. The minimum atomic E-state index is -1.45. The van der Waals surface area contributed by atoms with E-state index in [1.807, 2.05) is 188 Å². The van der Waals surface area contributed by atoms with E-state index in [0.717, 1.165) is 138 Å². The van der Waals surface area contributed by atoms with Crippen LogP contribution in [0.2, 0.25) is 58.9 Å². The van der Waals surface area contributed by atoms with Crippen LogP contribution in [0.4, 0.5) is 22.7 Å². The fourth-order valence-electron chi connectivity index (χ4n) is 14.5. The normalized spacial score (nSPS) is 12.6. The molecule has 24 heteroatoms. The van der Waals surface area contributed by atoms with Gasteiger partial charge in [0.05, 0.1) is 45.6 Å². The van der Waals surface area contributed by atoms with Crippen molar-refractivity contribution in [3.8, 4) is 47.2 Å². The van der Waals surface area contributed by atoms with Crippen LogP contribution in [0, 0.1) is 47.2 Å². The largest absolute Gasteiger partial charge is 0.481 e. The van der Waals surface area contributed by atoms with Gasteiger partial charge in [-0.05, 0) is 133 Å². The number of aliphatic carboxylic acids is 2. The van der Waals surface area contributed by atoms with Crippen molar-refractivity contribution in [3.05, 3.63) is 442 Å². The predicted molar refractivity (Wildman–Crippen MR) is 636 cm³/mol. The van der Waals surface area contributed by atoms with E-state index in [0.29, 0.717) is 0 Å². The summed E-state index contributed by atoms with van der Waals surface area (Å²) in [5.74, 6) is 7.34. The third kappa shape index (κ3) is 40.2. The zero-order chi connectivity index (χ0) is 105. The summed E-state index contributed by atoms with van der Waals surface area (Å²) in [4.78, 5) is 87.4. The van der Waals surface area contributed by atoms with Gasteiger partial charge < -0.3 is 35.4 Å². The van der Waals surface area contributed by atoms with Crippen LogP contribution in [-0.4, -0.2) is 146 Å². The molecule has 1 fully saturated rings. The molecule has 0 atom stereocenters. The molecule has 5 aliphatic rings. The van der Waals surface area contributed by atoms with Gasteiger partial charge in [0, 0.05) is 127 Å². The minimum Gasteiger partial charge on any atom is -0.481 e. The zero-order valence-electron chi connectivity index (χ0n) is 85.1. The number of ether oxygens (including phenoxy) is 1. The van der Waals surface area contributed by atoms with Gasteiger partial charge in [0.2, 0.25) is 23.6 Å². The first-order valence-corrected chi connectivity index (χ1v) is 61.8. The molecule has 4 amide bonds. The Hall–Kier alpha value is -14.6. The van der Waals surface area contributed by atoms with Crippen LogP contribution >= 0.6 is 31.8 Å². The van der Waals surface area contributed by atoms with Gasteiger partial charge in [0.15, 0.2) is 0 Å². The second-order valence-electron chi connectivity index (χ2n) is 36.6. The van der Waals surface area contributed by atoms with Gasteiger partial charge in [-0.25, -0.2) is 0 Å². The van der Waals surface area contributed by atoms with Crippen molar-refractivity contribution in [3.63, 3.8) is 0 Å². The number of anilines is 4. The topological polar surface area (TPSA) is 232 Å². The number of benzene rings is 14. The molecule has 14 aromatic rings. The molecular weight excluding hydrogens is 2090 g/mol. The molecule has 0 spiro atoms. The Labute approximate surface area is 909 Å². The van der Waals surface area contributed by atoms with Crippen molar-refractivity contribution in [2.45, 2.75) is 100 Å². The smallest absolute Gasteiger partial charge is 0.300 e. The molecule has 764 valence electrons. The summed E-state index contributed by atoms with van der Waals surface area (Å²) in [7, 11) is -1.31. The van der Waals surface area contributed by atoms with Gasteiger partial charge in [-0.15, -0.1) is 29.5 Å². The van der Waals surface area contributed by atoms with Crippen molar-refractivity contribution >= 4 is 169 Å². The Morgan fingerprint density at radius 2 is 0.597 bits per heavy atom. The third-order valence-electron chi connectivity index (χ3n) is 21.4. The number of carboxylic acids is 2. The average Bonchev–Trinajstić information content (AvgIpc) is 1.65. The number of halogens is 1. The first-order chi connectivity index (χ1) is 70.1. The van der Waals surface area contributed by atoms with Gasteiger partial charge in [-0.1, -0.05) is 411 Å². The molecule has 17 nitrogen and oxygen atoms in total. The number of hydrogen-bond donors (Lipinski definition) is 4. The van der Waals surface area contributed by atoms with Gasteiger partial charge in [-0.2, -0.15) is 0 Å². The Balaban J connectivity index is 0.000000233. The van der Waals surface area contributed by atoms with E-state index in [9.17, 15) is 19.2 Å². The molecule has 0 radical (unpaired) electrons. The van der Waals surface area contributed by atoms with Crippen LogP contribution in [-0.2, 0) is 53.9 Å². The Morgan fingerprint density at radius 3 is 0.866 bits per heavy atom. The van der Waals surface area contributed by atoms with Crippen LogP contribution in [0.5, 0.6) is 0 Å². The zero-order valence-corrected chi connectivity index (χ0v) is 93.1. The van der Waals surface area contributed by atoms with E-state index in [4.69, 9.17) is 37.4 Å². The molecule has 14 aromatic carbocycles. The minimum absolute atomic E-state index is 0. The first-order valence-electron chi connectivity index (χ1n) is 47.8. The molecule has 0 aromatic heterocycles. The summed E-state index contributed by atoms with van der Waals surface area (Å²) in [6, 6.07) is 128. The Bertz CT molecular complexity index is 6760. The molecule has 0 unspecified atom stereocenters. The number of rotatable bonds is 10. The van der Waals surface area contributed by atoms with Gasteiger partial charge in [-0.3, -0.25) is 48.7 Å². The van der Waals surface area contributed by atoms with E-state index in [-0.39, 0.29) is 85.1 Å². The standard InChI is InChI=1S/C21H22N2OSi.C20H20N2OSi.C18H14N2O.2C18H15P.C15H11BrN2O.C5H10Si.C4H8O.2C2H4O2.2CH4.Pd/c1-23-19-11-10-16(12-13-25(2,3)4)14-18(19)21(22-15-20(23)24)17-8-6-5-7-9-17;1-24(2,3)12-11-15-9-10-18-17(13-15)20(21-14-19(23)22-18)16-7-5-4-6-8-16;1-3-13-9-10-16-15(11-13)18(14-7-5-4-6-8-14)19-12-17(21)20(16)2;2*1-4-10-16(11-5-1)19(17-12-6-2-7-13-17)18-14-8-3-9-15-18;16-11-6-7-13-12(8-11)15(17-9-14(19)18-13)10-4-2-1-3-5-10;1-5-6(2,3)4;1-2-4-5-3-1;2*1-2(3)4;;;/h5-11,14H,15H2,1-4H3;4-10,13H,14H2,1-3H3,(H,22,23);1,4-11H,12H2,2H3;2*1-15H;1-8H,9H2,(H,18,19);1H,2-4H3;1-4H2;2*1H3,(H,3,4);2*1H4;. The van der Waals surface area contributed by atoms with Crippen LogP contribution < -0.4 is 52.3 Å². The second-order valence-corrected chi connectivity index (χ2v) is 56.3. The van der Waals surface area contributed by atoms with Crippen LogP contribution in [0.15, 0.2) is 401 Å². The molecule has 5 aliphatic heterocycles. The summed E-state index contributed by atoms with van der Waals surface area (Å²) in [6.07, 6.45) is 13.2. The monoisotopic (exact) mass is 2220 g/mol. The molecule has 19 rings (SSSR count). The average molecular weight is 2220 g/mol. The summed E-state index contributed by atoms with van der Waals surface area (Å²) in [5, 5.41) is 29.0. The number of nitrogens with zero attached hydrogens (tertiary/aromatic N) is 6. The van der Waals surface area contributed by atoms with E-state index in [1.54, 1.807) is 23.9 Å². The van der Waals surface area contributed by atoms with Crippen molar-refractivity contribution in [2.24, 2.45) is 20.0 Å². The fraction of sp³-hybridized carbons (Fsp3) is 0.184. The predicted octanol–water partition coefficient (Wildman–Crippen LogP) is 23.8. The van der Waals surface area contributed by atoms with Gasteiger partial charge in [0.25, 0.3) is 11.9 Å². The Morgan fingerprint density at radius 1 is 0.356 bits per heavy atom. The maximum atomic E-state index is 12.3. The first kappa shape index (κ1) is 121.